The highest BCUT2D eigenvalue weighted by atomic mass is 79.9. The lowest BCUT2D eigenvalue weighted by Crippen LogP contribution is -1.72. The van der Waals surface area contributed by atoms with Gasteiger partial charge in [-0.2, -0.15) is 0 Å². The summed E-state index contributed by atoms with van der Waals surface area (Å²) in [5, 5.41) is 0. The van der Waals surface area contributed by atoms with Gasteiger partial charge in [0.2, 0.25) is 0 Å². The van der Waals surface area contributed by atoms with E-state index in [2.05, 4.69) is 134 Å². The molecule has 0 nitrogen and oxygen atoms in total. The topological polar surface area (TPSA) is 0 Å². The molecule has 6 aromatic heterocycles. The average molecular weight is 747 g/mol. The summed E-state index contributed by atoms with van der Waals surface area (Å²) in [4.78, 5) is 5.07. The Labute approximate surface area is 272 Å². The lowest BCUT2D eigenvalue weighted by Gasteiger charge is -1.94. The molecule has 0 saturated carbocycles. The first-order valence-corrected chi connectivity index (χ1v) is 17.9. The van der Waals surface area contributed by atoms with Crippen molar-refractivity contribution < 1.29 is 0 Å². The van der Waals surface area contributed by atoms with Crippen molar-refractivity contribution in [1.82, 2.24) is 0 Å². The van der Waals surface area contributed by atoms with Gasteiger partial charge in [0.15, 0.2) is 0 Å². The van der Waals surface area contributed by atoms with Crippen LogP contribution in [-0.4, -0.2) is 0 Å². The number of thiophene rings is 6. The molecule has 0 aromatic carbocycles. The molecular formula is C32H10Br2S6. The molecule has 0 radical (unpaired) electrons. The summed E-state index contributed by atoms with van der Waals surface area (Å²) in [7, 11) is 0. The van der Waals surface area contributed by atoms with E-state index in [1.54, 1.807) is 29.6 Å². The van der Waals surface area contributed by atoms with E-state index in [1.165, 1.54) is 53.3 Å². The maximum Gasteiger partial charge on any atom is 0.0705 e. The van der Waals surface area contributed by atoms with Gasteiger partial charge in [0.25, 0.3) is 0 Å². The molecule has 0 saturated heterocycles. The fourth-order valence-corrected chi connectivity index (χ4v) is 12.9. The second-order valence-electron chi connectivity index (χ2n) is 7.87. The number of fused-ring (bicyclic) bond motifs is 5. The zero-order valence-corrected chi connectivity index (χ0v) is 28.6. The van der Waals surface area contributed by atoms with Crippen LogP contribution in [0.5, 0.6) is 0 Å². The molecule has 6 aromatic rings. The van der Waals surface area contributed by atoms with Crippen LogP contribution in [-0.2, 0) is 0 Å². The van der Waals surface area contributed by atoms with Gasteiger partial charge in [-0.3, -0.25) is 0 Å². The average Bonchev–Trinajstić information content (AvgIpc) is 3.76. The quantitative estimate of drug-likeness (QED) is 0.155. The van der Waals surface area contributed by atoms with Gasteiger partial charge in [0, 0.05) is 14.6 Å². The Bertz CT molecular complexity index is 2360. The Morgan fingerprint density at radius 1 is 0.500 bits per heavy atom. The van der Waals surface area contributed by atoms with Crippen LogP contribution in [0.25, 0.3) is 47.7 Å². The second-order valence-corrected chi connectivity index (χ2v) is 16.9. The molecule has 0 amide bonds. The van der Waals surface area contributed by atoms with Crippen molar-refractivity contribution in [2.75, 3.05) is 0 Å². The molecule has 188 valence electrons. The van der Waals surface area contributed by atoms with Gasteiger partial charge in [-0.25, -0.2) is 0 Å². The largest absolute Gasteiger partial charge is 0.132 e. The van der Waals surface area contributed by atoms with Crippen molar-refractivity contribution in [2.45, 2.75) is 13.8 Å². The Hall–Kier alpha value is -2.70. The number of halogens is 2. The Balaban J connectivity index is 1.43. The molecule has 0 bridgehead atoms. The molecule has 0 aliphatic rings. The number of hydrogen-bond acceptors (Lipinski definition) is 6. The van der Waals surface area contributed by atoms with Crippen molar-refractivity contribution in [3.05, 3.63) is 43.0 Å². The smallest absolute Gasteiger partial charge is 0.0705 e. The molecule has 0 spiro atoms. The molecule has 40 heavy (non-hydrogen) atoms. The molecule has 0 atom stereocenters. The van der Waals surface area contributed by atoms with Gasteiger partial charge in [-0.15, -0.1) is 68.0 Å². The lowest BCUT2D eigenvalue weighted by molar-refractivity contribution is 1.62. The zero-order chi connectivity index (χ0) is 27.6. The third-order valence-electron chi connectivity index (χ3n) is 5.45. The van der Waals surface area contributed by atoms with E-state index in [0.717, 1.165) is 13.1 Å². The van der Waals surface area contributed by atoms with Crippen LogP contribution in [0, 0.1) is 78.0 Å². The lowest BCUT2D eigenvalue weighted by atomic mass is 10.2. The molecule has 0 fully saturated rings. The van der Waals surface area contributed by atoms with Crippen molar-refractivity contribution in [1.29, 1.82) is 0 Å². The summed E-state index contributed by atoms with van der Waals surface area (Å²) in [6.45, 7) is 3.98. The van der Waals surface area contributed by atoms with Gasteiger partial charge < -0.3 is 0 Å². The van der Waals surface area contributed by atoms with E-state index in [-0.39, 0.29) is 0 Å². The molecule has 0 aliphatic heterocycles. The van der Waals surface area contributed by atoms with Crippen molar-refractivity contribution in [2.24, 2.45) is 0 Å². The van der Waals surface area contributed by atoms with E-state index in [9.17, 15) is 0 Å². The van der Waals surface area contributed by atoms with Gasteiger partial charge in [0.05, 0.1) is 46.2 Å². The predicted octanol–water partition coefficient (Wildman–Crippen LogP) is 11.1. The highest BCUT2D eigenvalue weighted by Crippen LogP contribution is 2.55. The molecule has 6 heterocycles. The fraction of sp³-hybridized carbons (Fsp3) is 0.0625. The maximum absolute atomic E-state index is 3.62. The van der Waals surface area contributed by atoms with Gasteiger partial charge in [-0.1, -0.05) is 5.92 Å². The third-order valence-corrected chi connectivity index (χ3v) is 14.8. The fourth-order valence-electron chi connectivity index (χ4n) is 3.83. The van der Waals surface area contributed by atoms with Crippen molar-refractivity contribution >= 4 is 128 Å². The minimum atomic E-state index is 1.04. The standard InChI is InChI=1S/C32H10Br2S6/c1-3-4-5-6-7-8-9-10-11-12-13-14-20-27(22-16-18-24(34)36-22)39-30-28(20)40-31-29-26(38-32(30)31)19(2)25(37-29)21-15-17-23(33)35-21/h15-18H,1-2H3. The normalized spacial score (nSPS) is 9.80. The Morgan fingerprint density at radius 3 is 1.55 bits per heavy atom. The second kappa shape index (κ2) is 12.0. The summed E-state index contributed by atoms with van der Waals surface area (Å²) in [6.07, 6.45) is 0. The molecule has 0 N–H and O–H groups in total. The molecular weight excluding hydrogens is 737 g/mol. The predicted molar refractivity (Wildman–Crippen MR) is 189 cm³/mol. The van der Waals surface area contributed by atoms with E-state index >= 15 is 0 Å². The maximum atomic E-state index is 3.62. The van der Waals surface area contributed by atoms with E-state index < -0.39 is 0 Å². The van der Waals surface area contributed by atoms with Gasteiger partial charge >= 0.3 is 0 Å². The van der Waals surface area contributed by atoms with Crippen LogP contribution >= 0.6 is 99.9 Å². The highest BCUT2D eigenvalue weighted by Gasteiger charge is 2.24. The molecule has 8 heteroatoms. The van der Waals surface area contributed by atoms with Crippen LogP contribution in [0.1, 0.15) is 18.1 Å². The molecule has 6 rings (SSSR count). The minimum Gasteiger partial charge on any atom is -0.132 e. The first kappa shape index (κ1) is 27.5. The van der Waals surface area contributed by atoms with Crippen LogP contribution in [0.3, 0.4) is 0 Å². The summed E-state index contributed by atoms with van der Waals surface area (Å²) < 4.78 is 10.3. The SMILES string of the molecule is CC#CC#CC#CC#CC#CC#Cc1c(-c2ccc(Br)s2)sc2c1sc1c3sc(-c4ccc(Br)s4)c(C)c3sc21. The van der Waals surface area contributed by atoms with Gasteiger partial charge in [0.1, 0.15) is 0 Å². The number of hydrogen-bond donors (Lipinski definition) is 0. The monoisotopic (exact) mass is 744 g/mol. The van der Waals surface area contributed by atoms with Crippen LogP contribution < -0.4 is 0 Å². The summed E-state index contributed by atoms with van der Waals surface area (Å²) in [5.41, 5.74) is 2.42. The number of aryl methyl sites for hydroxylation is 1. The van der Waals surface area contributed by atoms with Crippen LogP contribution in [0.2, 0.25) is 0 Å². The first-order chi connectivity index (χ1) is 19.5. The Kier molecular flexibility index (Phi) is 8.27. The van der Waals surface area contributed by atoms with Crippen molar-refractivity contribution in [3.63, 3.8) is 0 Å². The van der Waals surface area contributed by atoms with E-state index in [0.29, 0.717) is 0 Å². The van der Waals surface area contributed by atoms with Crippen molar-refractivity contribution in [3.8, 4) is 90.6 Å². The summed E-state index contributed by atoms with van der Waals surface area (Å²) in [5.74, 6) is 33.2. The Morgan fingerprint density at radius 2 is 0.975 bits per heavy atom. The van der Waals surface area contributed by atoms with E-state index in [1.807, 2.05) is 45.3 Å². The zero-order valence-electron chi connectivity index (χ0n) is 20.5. The number of rotatable bonds is 2. The van der Waals surface area contributed by atoms with E-state index in [4.69, 9.17) is 0 Å². The first-order valence-electron chi connectivity index (χ1n) is 11.4. The minimum absolute atomic E-state index is 1.04. The third kappa shape index (κ3) is 5.33. The highest BCUT2D eigenvalue weighted by molar-refractivity contribution is 9.11. The summed E-state index contributed by atoms with van der Waals surface area (Å²) in [6, 6.07) is 8.57. The molecule has 0 aliphatic carbocycles. The van der Waals surface area contributed by atoms with Gasteiger partial charge in [-0.05, 0) is 141 Å². The molecule has 0 unspecified atom stereocenters. The summed E-state index contributed by atoms with van der Waals surface area (Å²) >= 11 is 18.2. The van der Waals surface area contributed by atoms with Crippen LogP contribution in [0.4, 0.5) is 0 Å². The van der Waals surface area contributed by atoms with Crippen LogP contribution in [0.15, 0.2) is 31.8 Å².